The molecule has 0 aromatic carbocycles. The van der Waals surface area contributed by atoms with Crippen molar-refractivity contribution in [3.8, 4) is 0 Å². The molecule has 0 aromatic rings. The first-order valence-corrected chi connectivity index (χ1v) is 8.66. The molecule has 0 amide bonds. The Labute approximate surface area is 129 Å². The van der Waals surface area contributed by atoms with Gasteiger partial charge in [0.2, 0.25) is 0 Å². The molecule has 2 unspecified atom stereocenters. The van der Waals surface area contributed by atoms with Gasteiger partial charge in [-0.1, -0.05) is 25.9 Å². The summed E-state index contributed by atoms with van der Waals surface area (Å²) >= 11 is 0. The number of rotatable bonds is 5. The van der Waals surface area contributed by atoms with Gasteiger partial charge in [0.15, 0.2) is 0 Å². The lowest BCUT2D eigenvalue weighted by Gasteiger charge is -2.34. The predicted octanol–water partition coefficient (Wildman–Crippen LogP) is 2.50. The number of piperazine rings is 1. The molecule has 1 aliphatic heterocycles. The maximum atomic E-state index is 5.67. The Kier molecular flexibility index (Phi) is 4.28. The summed E-state index contributed by atoms with van der Waals surface area (Å²) in [5.41, 5.74) is 2.00. The van der Waals surface area contributed by atoms with Crippen LogP contribution in [0, 0.1) is 16.7 Å². The standard InChI is InChI=1S/C17H31N3O/c1-16(2)14-5-6-17(16,3)15(13-14)19-21-12-4-9-20-10-7-18-8-11-20/h14,18H,4-13H2,1-3H3/b19-15+. The topological polar surface area (TPSA) is 36.9 Å². The van der Waals surface area contributed by atoms with E-state index in [4.69, 9.17) is 4.84 Å². The Morgan fingerprint density at radius 1 is 1.29 bits per heavy atom. The average Bonchev–Trinajstić information content (AvgIpc) is 2.81. The van der Waals surface area contributed by atoms with Gasteiger partial charge in [-0.05, 0) is 37.0 Å². The lowest BCUT2D eigenvalue weighted by Crippen LogP contribution is -2.43. The highest BCUT2D eigenvalue weighted by Gasteiger charge is 2.60. The molecule has 1 heterocycles. The molecule has 0 radical (unpaired) electrons. The highest BCUT2D eigenvalue weighted by molar-refractivity contribution is 5.93. The predicted molar refractivity (Wildman–Crippen MR) is 86.5 cm³/mol. The van der Waals surface area contributed by atoms with Crippen LogP contribution in [0.25, 0.3) is 0 Å². The molecule has 3 aliphatic rings. The molecule has 0 spiro atoms. The molecular formula is C17H31N3O. The quantitative estimate of drug-likeness (QED) is 0.625. The zero-order chi connectivity index (χ0) is 14.9. The van der Waals surface area contributed by atoms with Crippen LogP contribution in [0.1, 0.15) is 46.5 Å². The summed E-state index contributed by atoms with van der Waals surface area (Å²) < 4.78 is 0. The first-order chi connectivity index (χ1) is 10.0. The van der Waals surface area contributed by atoms with Crippen molar-refractivity contribution in [3.05, 3.63) is 0 Å². The van der Waals surface area contributed by atoms with Crippen LogP contribution in [0.4, 0.5) is 0 Å². The Morgan fingerprint density at radius 2 is 2.05 bits per heavy atom. The highest BCUT2D eigenvalue weighted by Crippen LogP contribution is 2.63. The van der Waals surface area contributed by atoms with Gasteiger partial charge in [0, 0.05) is 38.1 Å². The van der Waals surface area contributed by atoms with Gasteiger partial charge < -0.3 is 15.1 Å². The molecule has 3 rings (SSSR count). The van der Waals surface area contributed by atoms with E-state index < -0.39 is 0 Å². The van der Waals surface area contributed by atoms with Crippen LogP contribution >= 0.6 is 0 Å². The van der Waals surface area contributed by atoms with Crippen LogP contribution in [0.15, 0.2) is 5.16 Å². The zero-order valence-electron chi connectivity index (χ0n) is 14.0. The molecule has 2 bridgehead atoms. The maximum absolute atomic E-state index is 5.67. The van der Waals surface area contributed by atoms with Gasteiger partial charge in [-0.2, -0.15) is 0 Å². The van der Waals surface area contributed by atoms with E-state index in [-0.39, 0.29) is 5.41 Å². The smallest absolute Gasteiger partial charge is 0.118 e. The third-order valence-corrected chi connectivity index (χ3v) is 6.61. The average molecular weight is 293 g/mol. The van der Waals surface area contributed by atoms with Crippen molar-refractivity contribution in [1.29, 1.82) is 0 Å². The van der Waals surface area contributed by atoms with Gasteiger partial charge in [0.05, 0.1) is 5.71 Å². The largest absolute Gasteiger partial charge is 0.396 e. The van der Waals surface area contributed by atoms with Crippen molar-refractivity contribution in [1.82, 2.24) is 10.2 Å². The monoisotopic (exact) mass is 293 g/mol. The number of nitrogens with one attached hydrogen (secondary N) is 1. The molecule has 120 valence electrons. The lowest BCUT2D eigenvalue weighted by molar-refractivity contribution is 0.120. The molecular weight excluding hydrogens is 262 g/mol. The minimum atomic E-state index is 0.274. The molecule has 2 saturated carbocycles. The summed E-state index contributed by atoms with van der Waals surface area (Å²) in [5.74, 6) is 0.811. The molecule has 2 atom stereocenters. The maximum Gasteiger partial charge on any atom is 0.118 e. The molecule has 2 aliphatic carbocycles. The fraction of sp³-hybridized carbons (Fsp3) is 0.941. The second-order valence-corrected chi connectivity index (χ2v) is 7.81. The van der Waals surface area contributed by atoms with Gasteiger partial charge in [-0.25, -0.2) is 0 Å². The van der Waals surface area contributed by atoms with Crippen LogP contribution in [0.2, 0.25) is 0 Å². The highest BCUT2D eigenvalue weighted by atomic mass is 16.6. The second kappa shape index (κ2) is 5.88. The van der Waals surface area contributed by atoms with E-state index in [1.165, 1.54) is 31.6 Å². The number of oxime groups is 1. The van der Waals surface area contributed by atoms with Gasteiger partial charge in [-0.3, -0.25) is 0 Å². The molecule has 21 heavy (non-hydrogen) atoms. The van der Waals surface area contributed by atoms with Crippen molar-refractivity contribution in [2.24, 2.45) is 21.9 Å². The summed E-state index contributed by atoms with van der Waals surface area (Å²) in [7, 11) is 0. The Hall–Kier alpha value is -0.610. The van der Waals surface area contributed by atoms with Gasteiger partial charge in [0.1, 0.15) is 6.61 Å². The Balaban J connectivity index is 1.43. The van der Waals surface area contributed by atoms with Crippen molar-refractivity contribution in [3.63, 3.8) is 0 Å². The molecule has 0 aromatic heterocycles. The molecule has 4 nitrogen and oxygen atoms in total. The van der Waals surface area contributed by atoms with Crippen molar-refractivity contribution in [2.75, 3.05) is 39.3 Å². The number of nitrogens with zero attached hydrogens (tertiary/aromatic N) is 2. The van der Waals surface area contributed by atoms with Gasteiger partial charge in [-0.15, -0.1) is 0 Å². The molecule has 1 N–H and O–H groups in total. The zero-order valence-corrected chi connectivity index (χ0v) is 14.0. The van der Waals surface area contributed by atoms with E-state index in [2.05, 4.69) is 36.1 Å². The van der Waals surface area contributed by atoms with E-state index in [1.807, 2.05) is 0 Å². The van der Waals surface area contributed by atoms with Crippen molar-refractivity contribution >= 4 is 5.71 Å². The minimum Gasteiger partial charge on any atom is -0.396 e. The van der Waals surface area contributed by atoms with Crippen LogP contribution in [-0.4, -0.2) is 49.9 Å². The lowest BCUT2D eigenvalue weighted by atomic mass is 9.70. The SMILES string of the molecule is CC12CCC(C/C1=N\OCCCN1CCNCC1)C2(C)C. The molecule has 4 heteroatoms. The van der Waals surface area contributed by atoms with E-state index in [0.717, 1.165) is 45.0 Å². The second-order valence-electron chi connectivity index (χ2n) is 7.81. The van der Waals surface area contributed by atoms with E-state index in [0.29, 0.717) is 5.41 Å². The first kappa shape index (κ1) is 15.3. The van der Waals surface area contributed by atoms with Crippen LogP contribution in [0.5, 0.6) is 0 Å². The van der Waals surface area contributed by atoms with E-state index >= 15 is 0 Å². The summed E-state index contributed by atoms with van der Waals surface area (Å²) in [4.78, 5) is 8.17. The van der Waals surface area contributed by atoms with E-state index in [9.17, 15) is 0 Å². The summed E-state index contributed by atoms with van der Waals surface area (Å²) in [6.07, 6.45) is 4.89. The third kappa shape index (κ3) is 2.72. The minimum absolute atomic E-state index is 0.274. The van der Waals surface area contributed by atoms with Gasteiger partial charge >= 0.3 is 0 Å². The number of fused-ring (bicyclic) bond motifs is 2. The Bertz CT molecular complexity index is 401. The molecule has 1 saturated heterocycles. The van der Waals surface area contributed by atoms with Crippen LogP contribution < -0.4 is 5.32 Å². The Morgan fingerprint density at radius 3 is 2.67 bits per heavy atom. The third-order valence-electron chi connectivity index (χ3n) is 6.61. The summed E-state index contributed by atoms with van der Waals surface area (Å²) in [5, 5.41) is 7.93. The van der Waals surface area contributed by atoms with Crippen LogP contribution in [-0.2, 0) is 4.84 Å². The number of hydrogen-bond acceptors (Lipinski definition) is 4. The summed E-state index contributed by atoms with van der Waals surface area (Å²) in [6.45, 7) is 13.7. The van der Waals surface area contributed by atoms with Gasteiger partial charge in [0.25, 0.3) is 0 Å². The number of hydrogen-bond donors (Lipinski definition) is 1. The fourth-order valence-corrected chi connectivity index (χ4v) is 4.48. The fourth-order valence-electron chi connectivity index (χ4n) is 4.48. The van der Waals surface area contributed by atoms with Crippen molar-refractivity contribution in [2.45, 2.75) is 46.5 Å². The normalized spacial score (nSPS) is 37.3. The molecule has 3 fully saturated rings. The van der Waals surface area contributed by atoms with Crippen LogP contribution in [0.3, 0.4) is 0 Å². The first-order valence-electron chi connectivity index (χ1n) is 8.66. The van der Waals surface area contributed by atoms with E-state index in [1.54, 1.807) is 0 Å². The summed E-state index contributed by atoms with van der Waals surface area (Å²) in [6, 6.07) is 0. The van der Waals surface area contributed by atoms with Crippen molar-refractivity contribution < 1.29 is 4.84 Å².